The summed E-state index contributed by atoms with van der Waals surface area (Å²) in [5.74, 6) is 0.0118. The summed E-state index contributed by atoms with van der Waals surface area (Å²) in [6, 6.07) is 1.26. The van der Waals surface area contributed by atoms with Crippen molar-refractivity contribution >= 4 is 6.29 Å². The minimum absolute atomic E-state index is 0.0436. The van der Waals surface area contributed by atoms with Gasteiger partial charge in [0.15, 0.2) is 17.8 Å². The molecule has 1 aromatic rings. The van der Waals surface area contributed by atoms with E-state index < -0.39 is 0 Å². The third-order valence-electron chi connectivity index (χ3n) is 3.26. The molecule has 1 rings (SSSR count). The van der Waals surface area contributed by atoms with Crippen LogP contribution in [0.1, 0.15) is 54.9 Å². The fraction of sp³-hybridized carbons (Fsp3) is 0.533. The molecule has 0 heterocycles. The van der Waals surface area contributed by atoms with Gasteiger partial charge in [0.2, 0.25) is 0 Å². The zero-order valence-corrected chi connectivity index (χ0v) is 11.6. The minimum Gasteiger partial charge on any atom is -0.507 e. The molecule has 0 bridgehead atoms. The quantitative estimate of drug-likeness (QED) is 0.430. The fourth-order valence-electron chi connectivity index (χ4n) is 2.15. The summed E-state index contributed by atoms with van der Waals surface area (Å²) >= 11 is 0. The molecular weight excluding hydrogens is 244 g/mol. The van der Waals surface area contributed by atoms with Gasteiger partial charge in [-0.2, -0.15) is 0 Å². The molecule has 106 valence electrons. The van der Waals surface area contributed by atoms with Crippen LogP contribution in [-0.2, 0) is 6.42 Å². The second-order valence-electron chi connectivity index (χ2n) is 4.62. The van der Waals surface area contributed by atoms with Crippen LogP contribution in [-0.4, -0.2) is 23.6 Å². The van der Waals surface area contributed by atoms with Crippen LogP contribution in [0.5, 0.6) is 17.2 Å². The molecule has 0 atom stereocenters. The van der Waals surface area contributed by atoms with Crippen molar-refractivity contribution in [1.29, 1.82) is 0 Å². The van der Waals surface area contributed by atoms with Gasteiger partial charge in [0.1, 0.15) is 5.75 Å². The zero-order valence-electron chi connectivity index (χ0n) is 11.6. The summed E-state index contributed by atoms with van der Waals surface area (Å²) < 4.78 is 4.98. The van der Waals surface area contributed by atoms with Crippen molar-refractivity contribution < 1.29 is 19.7 Å². The van der Waals surface area contributed by atoms with Gasteiger partial charge in [-0.05, 0) is 12.8 Å². The Morgan fingerprint density at radius 2 is 1.89 bits per heavy atom. The Labute approximate surface area is 114 Å². The first-order valence-electron chi connectivity index (χ1n) is 6.72. The van der Waals surface area contributed by atoms with Crippen molar-refractivity contribution in [2.75, 3.05) is 7.11 Å². The largest absolute Gasteiger partial charge is 0.507 e. The summed E-state index contributed by atoms with van der Waals surface area (Å²) in [5, 5.41) is 19.8. The number of carbonyl (C=O) groups is 1. The Balaban J connectivity index is 2.84. The number of aldehydes is 1. The van der Waals surface area contributed by atoms with E-state index in [2.05, 4.69) is 6.92 Å². The van der Waals surface area contributed by atoms with Crippen molar-refractivity contribution in [2.24, 2.45) is 0 Å². The fourth-order valence-corrected chi connectivity index (χ4v) is 2.15. The molecule has 1 aromatic carbocycles. The van der Waals surface area contributed by atoms with Crippen molar-refractivity contribution in [2.45, 2.75) is 45.4 Å². The minimum atomic E-state index is -0.145. The molecule has 0 radical (unpaired) electrons. The van der Waals surface area contributed by atoms with Gasteiger partial charge in [0, 0.05) is 11.6 Å². The predicted octanol–water partition coefficient (Wildman–Crippen LogP) is 3.43. The number of hydrogen-bond acceptors (Lipinski definition) is 4. The smallest absolute Gasteiger partial charge is 0.164 e. The van der Waals surface area contributed by atoms with Crippen molar-refractivity contribution in [3.63, 3.8) is 0 Å². The van der Waals surface area contributed by atoms with Crippen molar-refractivity contribution in [3.05, 3.63) is 17.2 Å². The molecule has 0 fully saturated rings. The highest BCUT2D eigenvalue weighted by Gasteiger charge is 2.17. The molecule has 0 aliphatic rings. The van der Waals surface area contributed by atoms with Crippen LogP contribution in [0.25, 0.3) is 0 Å². The van der Waals surface area contributed by atoms with E-state index in [0.29, 0.717) is 18.3 Å². The predicted molar refractivity (Wildman–Crippen MR) is 74.2 cm³/mol. The van der Waals surface area contributed by atoms with E-state index in [1.165, 1.54) is 26.0 Å². The number of methoxy groups -OCH3 is 1. The lowest BCUT2D eigenvalue weighted by atomic mass is 9.99. The number of phenols is 2. The first-order valence-corrected chi connectivity index (χ1v) is 6.72. The topological polar surface area (TPSA) is 66.8 Å². The summed E-state index contributed by atoms with van der Waals surface area (Å²) in [5.41, 5.74) is 0.636. The van der Waals surface area contributed by atoms with Gasteiger partial charge >= 0.3 is 0 Å². The lowest BCUT2D eigenvalue weighted by Crippen LogP contribution is -1.98. The average molecular weight is 266 g/mol. The number of unbranched alkanes of at least 4 members (excludes halogenated alkanes) is 4. The van der Waals surface area contributed by atoms with Gasteiger partial charge < -0.3 is 14.9 Å². The maximum absolute atomic E-state index is 11.0. The summed E-state index contributed by atoms with van der Waals surface area (Å²) in [6.45, 7) is 2.15. The van der Waals surface area contributed by atoms with Crippen molar-refractivity contribution in [1.82, 2.24) is 0 Å². The number of carbonyl (C=O) groups excluding carboxylic acids is 1. The van der Waals surface area contributed by atoms with Gasteiger partial charge in [0.25, 0.3) is 0 Å². The Kier molecular flexibility index (Phi) is 6.19. The Hall–Kier alpha value is -1.71. The highest BCUT2D eigenvalue weighted by molar-refractivity contribution is 5.84. The third-order valence-corrected chi connectivity index (χ3v) is 3.26. The summed E-state index contributed by atoms with van der Waals surface area (Å²) in [6.07, 6.45) is 6.57. The Bertz CT molecular complexity index is 427. The molecule has 19 heavy (non-hydrogen) atoms. The third kappa shape index (κ3) is 3.88. The van der Waals surface area contributed by atoms with E-state index in [4.69, 9.17) is 4.74 Å². The first-order chi connectivity index (χ1) is 9.15. The second-order valence-corrected chi connectivity index (χ2v) is 4.62. The van der Waals surface area contributed by atoms with E-state index in [-0.39, 0.29) is 22.8 Å². The van der Waals surface area contributed by atoms with Crippen molar-refractivity contribution in [3.8, 4) is 17.2 Å². The molecular formula is C15H22O4. The molecule has 0 amide bonds. The molecule has 0 unspecified atom stereocenters. The van der Waals surface area contributed by atoms with E-state index >= 15 is 0 Å². The summed E-state index contributed by atoms with van der Waals surface area (Å²) in [7, 11) is 1.42. The van der Waals surface area contributed by atoms with Gasteiger partial charge in [-0.3, -0.25) is 4.79 Å². The Morgan fingerprint density at radius 1 is 1.21 bits per heavy atom. The zero-order chi connectivity index (χ0) is 14.3. The highest BCUT2D eigenvalue weighted by Crippen LogP contribution is 2.38. The standard InChI is InChI=1S/C15H22O4/c1-3-4-5-6-7-8-11-12(10-16)13(17)9-14(19-2)15(11)18/h9-10,17-18H,3-8H2,1-2H3. The molecule has 2 N–H and O–H groups in total. The highest BCUT2D eigenvalue weighted by atomic mass is 16.5. The van der Waals surface area contributed by atoms with Gasteiger partial charge in [-0.15, -0.1) is 0 Å². The average Bonchev–Trinajstić information content (AvgIpc) is 2.41. The van der Waals surface area contributed by atoms with E-state index in [9.17, 15) is 15.0 Å². The maximum Gasteiger partial charge on any atom is 0.164 e. The van der Waals surface area contributed by atoms with Gasteiger partial charge in [0.05, 0.1) is 12.7 Å². The second kappa shape index (κ2) is 7.67. The number of rotatable bonds is 8. The molecule has 0 saturated carbocycles. The SMILES string of the molecule is CCCCCCCc1c(O)c(OC)cc(O)c1C=O. The molecule has 4 heteroatoms. The molecule has 0 saturated heterocycles. The van der Waals surface area contributed by atoms with E-state index in [0.717, 1.165) is 19.3 Å². The molecule has 0 aliphatic carbocycles. The summed E-state index contributed by atoms with van der Waals surface area (Å²) in [4.78, 5) is 11.0. The maximum atomic E-state index is 11.0. The Morgan fingerprint density at radius 3 is 2.47 bits per heavy atom. The normalized spacial score (nSPS) is 10.4. The number of phenolic OH excluding ortho intramolecular Hbond substituents is 2. The monoisotopic (exact) mass is 266 g/mol. The molecule has 4 nitrogen and oxygen atoms in total. The van der Waals surface area contributed by atoms with Gasteiger partial charge in [-0.25, -0.2) is 0 Å². The van der Waals surface area contributed by atoms with Crippen LogP contribution in [0.15, 0.2) is 6.07 Å². The molecule has 0 aliphatic heterocycles. The lowest BCUT2D eigenvalue weighted by molar-refractivity contribution is 0.111. The van der Waals surface area contributed by atoms with Crippen LogP contribution in [0.3, 0.4) is 0 Å². The number of aromatic hydroxyl groups is 2. The van der Waals surface area contributed by atoms with Crippen LogP contribution in [0.4, 0.5) is 0 Å². The number of ether oxygens (including phenoxy) is 1. The van der Waals surface area contributed by atoms with Crippen LogP contribution < -0.4 is 4.74 Å². The van der Waals surface area contributed by atoms with E-state index in [1.807, 2.05) is 0 Å². The lowest BCUT2D eigenvalue weighted by Gasteiger charge is -2.13. The number of hydrogen-bond donors (Lipinski definition) is 2. The van der Waals surface area contributed by atoms with Crippen LogP contribution in [0, 0.1) is 0 Å². The van der Waals surface area contributed by atoms with Gasteiger partial charge in [-0.1, -0.05) is 32.6 Å². The van der Waals surface area contributed by atoms with E-state index in [1.54, 1.807) is 0 Å². The number of benzene rings is 1. The van der Waals surface area contributed by atoms with Crippen LogP contribution >= 0.6 is 0 Å². The van der Waals surface area contributed by atoms with Crippen LogP contribution in [0.2, 0.25) is 0 Å². The molecule has 0 aromatic heterocycles. The molecule has 0 spiro atoms. The first kappa shape index (κ1) is 15.3.